The molecular formula is C14H20N4O2. The predicted octanol–water partition coefficient (Wildman–Crippen LogP) is 2.13. The second-order valence-corrected chi connectivity index (χ2v) is 5.01. The number of hydrogen-bond acceptors (Lipinski definition) is 3. The van der Waals surface area contributed by atoms with Crippen molar-refractivity contribution in [1.29, 1.82) is 0 Å². The van der Waals surface area contributed by atoms with Gasteiger partial charge in [-0.25, -0.2) is 9.78 Å². The van der Waals surface area contributed by atoms with Crippen molar-refractivity contribution < 1.29 is 9.21 Å². The van der Waals surface area contributed by atoms with Crippen molar-refractivity contribution in [3.63, 3.8) is 0 Å². The first-order chi connectivity index (χ1) is 9.65. The van der Waals surface area contributed by atoms with Crippen LogP contribution in [-0.4, -0.2) is 15.6 Å². The molecule has 2 aromatic rings. The summed E-state index contributed by atoms with van der Waals surface area (Å²) < 4.78 is 7.19. The number of urea groups is 1. The summed E-state index contributed by atoms with van der Waals surface area (Å²) in [4.78, 5) is 15.9. The van der Waals surface area contributed by atoms with E-state index in [1.807, 2.05) is 12.3 Å². The lowest BCUT2D eigenvalue weighted by Gasteiger charge is -2.11. The van der Waals surface area contributed by atoms with Crippen LogP contribution in [0.5, 0.6) is 0 Å². The summed E-state index contributed by atoms with van der Waals surface area (Å²) >= 11 is 0. The number of nitrogens with zero attached hydrogens (tertiary/aromatic N) is 2. The third-order valence-electron chi connectivity index (χ3n) is 2.77. The van der Waals surface area contributed by atoms with E-state index in [1.54, 1.807) is 18.5 Å². The summed E-state index contributed by atoms with van der Waals surface area (Å²) in [6.07, 6.45) is 5.26. The number of aromatic nitrogens is 2. The number of rotatable bonds is 6. The van der Waals surface area contributed by atoms with Gasteiger partial charge in [0.2, 0.25) is 0 Å². The molecule has 0 saturated heterocycles. The van der Waals surface area contributed by atoms with E-state index in [2.05, 4.69) is 34.0 Å². The fraction of sp³-hybridized carbons (Fsp3) is 0.429. The van der Waals surface area contributed by atoms with Crippen molar-refractivity contribution in [2.24, 2.45) is 5.92 Å². The maximum absolute atomic E-state index is 11.7. The Morgan fingerprint density at radius 3 is 2.90 bits per heavy atom. The van der Waals surface area contributed by atoms with Gasteiger partial charge in [-0.2, -0.15) is 0 Å². The van der Waals surface area contributed by atoms with Crippen LogP contribution in [-0.2, 0) is 19.6 Å². The predicted molar refractivity (Wildman–Crippen MR) is 74.8 cm³/mol. The number of carbonyl (C=O) groups excluding carboxylic acids is 1. The Bertz CT molecular complexity index is 531. The van der Waals surface area contributed by atoms with Crippen LogP contribution >= 0.6 is 0 Å². The van der Waals surface area contributed by atoms with Crippen molar-refractivity contribution in [2.75, 3.05) is 0 Å². The van der Waals surface area contributed by atoms with Gasteiger partial charge in [-0.15, -0.1) is 0 Å². The summed E-state index contributed by atoms with van der Waals surface area (Å²) in [6, 6.07) is 3.37. The van der Waals surface area contributed by atoms with E-state index < -0.39 is 0 Å². The molecule has 2 amide bonds. The number of hydrogen-bond donors (Lipinski definition) is 2. The molecule has 0 aliphatic rings. The van der Waals surface area contributed by atoms with Gasteiger partial charge in [0.25, 0.3) is 0 Å². The van der Waals surface area contributed by atoms with Crippen LogP contribution in [0.15, 0.2) is 35.2 Å². The third kappa shape index (κ3) is 4.15. The minimum Gasteiger partial charge on any atom is -0.467 e. The van der Waals surface area contributed by atoms with E-state index in [4.69, 9.17) is 4.42 Å². The smallest absolute Gasteiger partial charge is 0.315 e. The average Bonchev–Trinajstić information content (AvgIpc) is 3.04. The normalized spacial score (nSPS) is 10.8. The van der Waals surface area contributed by atoms with E-state index in [1.165, 1.54) is 0 Å². The second-order valence-electron chi connectivity index (χ2n) is 5.01. The monoisotopic (exact) mass is 276 g/mol. The van der Waals surface area contributed by atoms with E-state index in [-0.39, 0.29) is 6.03 Å². The highest BCUT2D eigenvalue weighted by atomic mass is 16.3. The first-order valence-corrected chi connectivity index (χ1v) is 6.69. The molecule has 0 unspecified atom stereocenters. The van der Waals surface area contributed by atoms with E-state index >= 15 is 0 Å². The molecule has 0 aliphatic carbocycles. The largest absolute Gasteiger partial charge is 0.467 e. The van der Waals surface area contributed by atoms with Gasteiger partial charge in [0, 0.05) is 18.9 Å². The van der Waals surface area contributed by atoms with Crippen LogP contribution in [0, 0.1) is 5.92 Å². The Morgan fingerprint density at radius 1 is 1.40 bits per heavy atom. The fourth-order valence-corrected chi connectivity index (χ4v) is 1.87. The Balaban J connectivity index is 1.77. The van der Waals surface area contributed by atoms with Crippen molar-refractivity contribution in [2.45, 2.75) is 33.5 Å². The van der Waals surface area contributed by atoms with Crippen molar-refractivity contribution in [1.82, 2.24) is 20.2 Å². The summed E-state index contributed by atoms with van der Waals surface area (Å²) in [5.41, 5.74) is 0. The molecule has 0 aromatic carbocycles. The van der Waals surface area contributed by atoms with E-state index in [0.717, 1.165) is 18.1 Å². The Morgan fingerprint density at radius 2 is 2.20 bits per heavy atom. The van der Waals surface area contributed by atoms with E-state index in [0.29, 0.717) is 19.0 Å². The lowest BCUT2D eigenvalue weighted by atomic mass is 10.2. The molecule has 20 heavy (non-hydrogen) atoms. The lowest BCUT2D eigenvalue weighted by Crippen LogP contribution is -2.35. The topological polar surface area (TPSA) is 72.1 Å². The number of imidazole rings is 1. The maximum Gasteiger partial charge on any atom is 0.315 e. The minimum absolute atomic E-state index is 0.236. The van der Waals surface area contributed by atoms with Gasteiger partial charge in [0.15, 0.2) is 0 Å². The lowest BCUT2D eigenvalue weighted by molar-refractivity contribution is 0.238. The standard InChI is InChI=1S/C14H20N4O2/c1-11(2)10-18-6-5-15-13(18)9-17-14(19)16-8-12-4-3-7-20-12/h3-7,11H,8-10H2,1-2H3,(H2,16,17,19). The molecule has 0 bridgehead atoms. The van der Waals surface area contributed by atoms with Gasteiger partial charge >= 0.3 is 6.03 Å². The molecule has 0 aliphatic heterocycles. The first-order valence-electron chi connectivity index (χ1n) is 6.69. The van der Waals surface area contributed by atoms with Crippen LogP contribution in [0.3, 0.4) is 0 Å². The molecule has 0 atom stereocenters. The number of amides is 2. The van der Waals surface area contributed by atoms with Gasteiger partial charge in [0.1, 0.15) is 11.6 Å². The first kappa shape index (κ1) is 14.2. The maximum atomic E-state index is 11.7. The molecule has 0 radical (unpaired) electrons. The second kappa shape index (κ2) is 6.79. The number of carbonyl (C=O) groups is 1. The highest BCUT2D eigenvalue weighted by molar-refractivity contribution is 5.73. The van der Waals surface area contributed by atoms with Gasteiger partial charge in [0.05, 0.1) is 19.4 Å². The zero-order valence-electron chi connectivity index (χ0n) is 11.8. The molecule has 2 heterocycles. The summed E-state index contributed by atoms with van der Waals surface area (Å²) in [5, 5.41) is 5.51. The molecular weight excluding hydrogens is 256 g/mol. The Labute approximate surface area is 118 Å². The minimum atomic E-state index is -0.236. The average molecular weight is 276 g/mol. The molecule has 0 saturated carbocycles. The molecule has 108 valence electrons. The number of nitrogens with one attached hydrogen (secondary N) is 2. The summed E-state index contributed by atoms with van der Waals surface area (Å²) in [7, 11) is 0. The number of furan rings is 1. The van der Waals surface area contributed by atoms with Crippen LogP contribution in [0.1, 0.15) is 25.4 Å². The highest BCUT2D eigenvalue weighted by Crippen LogP contribution is 2.03. The van der Waals surface area contributed by atoms with Crippen LogP contribution in [0.25, 0.3) is 0 Å². The Kier molecular flexibility index (Phi) is 4.81. The molecule has 0 fully saturated rings. The zero-order valence-corrected chi connectivity index (χ0v) is 11.8. The van der Waals surface area contributed by atoms with Gasteiger partial charge in [-0.3, -0.25) is 0 Å². The molecule has 2 rings (SSSR count). The summed E-state index contributed by atoms with van der Waals surface area (Å²) in [5.74, 6) is 2.11. The molecule has 2 N–H and O–H groups in total. The van der Waals surface area contributed by atoms with Crippen LogP contribution < -0.4 is 10.6 Å². The molecule has 6 heteroatoms. The van der Waals surface area contributed by atoms with Crippen molar-refractivity contribution >= 4 is 6.03 Å². The molecule has 2 aromatic heterocycles. The van der Waals surface area contributed by atoms with Gasteiger partial charge in [-0.1, -0.05) is 13.8 Å². The van der Waals surface area contributed by atoms with Crippen molar-refractivity contribution in [3.8, 4) is 0 Å². The van der Waals surface area contributed by atoms with Gasteiger partial charge in [-0.05, 0) is 18.1 Å². The van der Waals surface area contributed by atoms with E-state index in [9.17, 15) is 4.79 Å². The van der Waals surface area contributed by atoms with Crippen molar-refractivity contribution in [3.05, 3.63) is 42.4 Å². The zero-order chi connectivity index (χ0) is 14.4. The Hall–Kier alpha value is -2.24. The quantitative estimate of drug-likeness (QED) is 0.849. The third-order valence-corrected chi connectivity index (χ3v) is 2.77. The van der Waals surface area contributed by atoms with Crippen LogP contribution in [0.2, 0.25) is 0 Å². The van der Waals surface area contributed by atoms with Crippen LogP contribution in [0.4, 0.5) is 4.79 Å². The SMILES string of the molecule is CC(C)Cn1ccnc1CNC(=O)NCc1ccco1. The van der Waals surface area contributed by atoms with Gasteiger partial charge < -0.3 is 19.6 Å². The summed E-state index contributed by atoms with van der Waals surface area (Å²) in [6.45, 7) is 5.97. The fourth-order valence-electron chi connectivity index (χ4n) is 1.87. The molecule has 0 spiro atoms. The highest BCUT2D eigenvalue weighted by Gasteiger charge is 2.07. The molecule has 6 nitrogen and oxygen atoms in total.